The van der Waals surface area contributed by atoms with Crippen LogP contribution in [0.15, 0.2) is 29.0 Å². The Hall–Kier alpha value is -0.320. The maximum atomic E-state index is 5.81. The van der Waals surface area contributed by atoms with Crippen LogP contribution in [0.5, 0.6) is 0 Å². The van der Waals surface area contributed by atoms with Gasteiger partial charge in [-0.25, -0.2) is 0 Å². The molecule has 2 nitrogen and oxygen atoms in total. The van der Waals surface area contributed by atoms with Crippen molar-refractivity contribution >= 4 is 38.9 Å². The van der Waals surface area contributed by atoms with E-state index in [1.807, 2.05) is 23.0 Å². The largest absolute Gasteiger partial charge is 0.266 e. The number of rotatable bonds is 2. The van der Waals surface area contributed by atoms with Crippen molar-refractivity contribution in [1.29, 1.82) is 0 Å². The average molecular weight is 278 g/mol. The van der Waals surface area contributed by atoms with Crippen molar-refractivity contribution in [2.24, 2.45) is 0 Å². The maximum absolute atomic E-state index is 5.81. The molecule has 0 aliphatic heterocycles. The number of thiophene rings is 1. The minimum absolute atomic E-state index is 0.781. The molecule has 0 bridgehead atoms. The summed E-state index contributed by atoms with van der Waals surface area (Å²) >= 11 is 10.7. The summed E-state index contributed by atoms with van der Waals surface area (Å²) in [7, 11) is 0. The molecule has 0 atom stereocenters. The number of nitrogens with zero attached hydrogens (tertiary/aromatic N) is 2. The molecule has 0 unspecified atom stereocenters. The van der Waals surface area contributed by atoms with Crippen molar-refractivity contribution in [1.82, 2.24) is 9.78 Å². The molecule has 68 valence electrons. The van der Waals surface area contributed by atoms with Crippen LogP contribution in [0.2, 0.25) is 4.34 Å². The standard InChI is InChI=1S/C8H6BrClN2S/c9-6-3-11-12(4-6)5-7-1-2-8(10)13-7/h1-4H,5H2. The molecule has 2 aromatic rings. The Kier molecular flexibility index (Phi) is 2.71. The normalized spacial score (nSPS) is 10.6. The van der Waals surface area contributed by atoms with Crippen LogP contribution in [0.3, 0.4) is 0 Å². The molecule has 13 heavy (non-hydrogen) atoms. The predicted molar refractivity (Wildman–Crippen MR) is 58.4 cm³/mol. The van der Waals surface area contributed by atoms with Crippen LogP contribution in [-0.4, -0.2) is 9.78 Å². The van der Waals surface area contributed by atoms with Gasteiger partial charge < -0.3 is 0 Å². The van der Waals surface area contributed by atoms with E-state index >= 15 is 0 Å². The van der Waals surface area contributed by atoms with Crippen LogP contribution in [-0.2, 0) is 6.54 Å². The van der Waals surface area contributed by atoms with Gasteiger partial charge in [0.05, 0.1) is 21.6 Å². The molecule has 2 rings (SSSR count). The average Bonchev–Trinajstić information content (AvgIpc) is 2.62. The second kappa shape index (κ2) is 3.82. The third-order valence-electron chi connectivity index (χ3n) is 1.55. The van der Waals surface area contributed by atoms with Crippen molar-refractivity contribution < 1.29 is 0 Å². The van der Waals surface area contributed by atoms with E-state index in [4.69, 9.17) is 11.6 Å². The van der Waals surface area contributed by atoms with Crippen molar-refractivity contribution in [3.63, 3.8) is 0 Å². The zero-order valence-electron chi connectivity index (χ0n) is 6.58. The van der Waals surface area contributed by atoms with Gasteiger partial charge in [0.25, 0.3) is 0 Å². The van der Waals surface area contributed by atoms with Crippen LogP contribution in [0.25, 0.3) is 0 Å². The van der Waals surface area contributed by atoms with E-state index in [9.17, 15) is 0 Å². The van der Waals surface area contributed by atoms with Gasteiger partial charge in [-0.3, -0.25) is 4.68 Å². The summed E-state index contributed by atoms with van der Waals surface area (Å²) in [5.41, 5.74) is 0. The van der Waals surface area contributed by atoms with E-state index in [1.54, 1.807) is 17.5 Å². The minimum atomic E-state index is 0.781. The molecular weight excluding hydrogens is 272 g/mol. The molecule has 0 N–H and O–H groups in total. The fourth-order valence-corrected chi connectivity index (χ4v) is 2.43. The SMILES string of the molecule is Clc1ccc(Cn2cc(Br)cn2)s1. The molecule has 0 aliphatic rings. The van der Waals surface area contributed by atoms with Gasteiger partial charge in [0, 0.05) is 11.1 Å². The highest BCUT2D eigenvalue weighted by molar-refractivity contribution is 9.10. The molecule has 0 spiro atoms. The van der Waals surface area contributed by atoms with Gasteiger partial charge in [-0.05, 0) is 28.1 Å². The summed E-state index contributed by atoms with van der Waals surface area (Å²) in [5, 5.41) is 4.15. The van der Waals surface area contributed by atoms with E-state index in [0.717, 1.165) is 15.4 Å². The smallest absolute Gasteiger partial charge is 0.0931 e. The number of halogens is 2. The van der Waals surface area contributed by atoms with Crippen LogP contribution in [0.1, 0.15) is 4.88 Å². The Morgan fingerprint density at radius 2 is 2.38 bits per heavy atom. The van der Waals surface area contributed by atoms with Gasteiger partial charge in [-0.2, -0.15) is 5.10 Å². The monoisotopic (exact) mass is 276 g/mol. The molecule has 0 saturated heterocycles. The molecule has 2 aromatic heterocycles. The quantitative estimate of drug-likeness (QED) is 0.822. The maximum Gasteiger partial charge on any atom is 0.0931 e. The zero-order chi connectivity index (χ0) is 9.26. The summed E-state index contributed by atoms with van der Waals surface area (Å²) < 4.78 is 3.68. The van der Waals surface area contributed by atoms with Crippen molar-refractivity contribution in [3.05, 3.63) is 38.2 Å². The van der Waals surface area contributed by atoms with E-state index in [2.05, 4.69) is 21.0 Å². The van der Waals surface area contributed by atoms with Gasteiger partial charge in [-0.15, -0.1) is 11.3 Å². The van der Waals surface area contributed by atoms with Gasteiger partial charge in [0.15, 0.2) is 0 Å². The Morgan fingerprint density at radius 1 is 1.54 bits per heavy atom. The van der Waals surface area contributed by atoms with E-state index in [-0.39, 0.29) is 0 Å². The zero-order valence-corrected chi connectivity index (χ0v) is 9.73. The Bertz CT molecular complexity index is 371. The first-order valence-electron chi connectivity index (χ1n) is 3.66. The van der Waals surface area contributed by atoms with E-state index < -0.39 is 0 Å². The Labute approximate surface area is 93.3 Å². The van der Waals surface area contributed by atoms with Crippen molar-refractivity contribution in [3.8, 4) is 0 Å². The fourth-order valence-electron chi connectivity index (χ4n) is 1.02. The predicted octanol–water partition coefficient (Wildman–Crippen LogP) is 3.41. The molecule has 0 amide bonds. The van der Waals surface area contributed by atoms with Gasteiger partial charge in [0.2, 0.25) is 0 Å². The Morgan fingerprint density at radius 3 is 2.92 bits per heavy atom. The van der Waals surface area contributed by atoms with Crippen molar-refractivity contribution in [2.45, 2.75) is 6.54 Å². The molecular formula is C8H6BrClN2S. The fraction of sp³-hybridized carbons (Fsp3) is 0.125. The third-order valence-corrected chi connectivity index (χ3v) is 3.17. The lowest BCUT2D eigenvalue weighted by Gasteiger charge is -1.95. The van der Waals surface area contributed by atoms with Gasteiger partial charge >= 0.3 is 0 Å². The number of hydrogen-bond donors (Lipinski definition) is 0. The molecule has 0 aromatic carbocycles. The van der Waals surface area contributed by atoms with Crippen LogP contribution in [0.4, 0.5) is 0 Å². The highest BCUT2D eigenvalue weighted by Crippen LogP contribution is 2.22. The molecule has 2 heterocycles. The first-order valence-corrected chi connectivity index (χ1v) is 5.65. The molecule has 0 fully saturated rings. The second-order valence-corrected chi connectivity index (χ2v) is 5.28. The number of hydrogen-bond acceptors (Lipinski definition) is 2. The van der Waals surface area contributed by atoms with Gasteiger partial charge in [0.1, 0.15) is 0 Å². The van der Waals surface area contributed by atoms with Crippen LogP contribution in [0, 0.1) is 0 Å². The summed E-state index contributed by atoms with van der Waals surface area (Å²) in [4.78, 5) is 1.21. The first kappa shape index (κ1) is 9.24. The highest BCUT2D eigenvalue weighted by Gasteiger charge is 2.00. The lowest BCUT2D eigenvalue weighted by molar-refractivity contribution is 0.694. The summed E-state index contributed by atoms with van der Waals surface area (Å²) in [6.45, 7) is 0.781. The van der Waals surface area contributed by atoms with Crippen LogP contribution < -0.4 is 0 Å². The molecule has 5 heteroatoms. The van der Waals surface area contributed by atoms with Crippen molar-refractivity contribution in [2.75, 3.05) is 0 Å². The Balaban J connectivity index is 2.14. The van der Waals surface area contributed by atoms with E-state index in [0.29, 0.717) is 0 Å². The minimum Gasteiger partial charge on any atom is -0.266 e. The molecule has 0 aliphatic carbocycles. The third kappa shape index (κ3) is 2.33. The van der Waals surface area contributed by atoms with Crippen LogP contribution >= 0.6 is 38.9 Å². The topological polar surface area (TPSA) is 17.8 Å². The summed E-state index contributed by atoms with van der Waals surface area (Å²) in [6.07, 6.45) is 3.71. The van der Waals surface area contributed by atoms with Gasteiger partial charge in [-0.1, -0.05) is 11.6 Å². The van der Waals surface area contributed by atoms with E-state index in [1.165, 1.54) is 4.88 Å². The summed E-state index contributed by atoms with van der Waals surface area (Å²) in [6, 6.07) is 3.92. The molecule has 0 saturated carbocycles. The molecule has 0 radical (unpaired) electrons. The lowest BCUT2D eigenvalue weighted by atomic mass is 10.5. The first-order chi connectivity index (χ1) is 6.24. The second-order valence-electron chi connectivity index (χ2n) is 2.56. The lowest BCUT2D eigenvalue weighted by Crippen LogP contribution is -1.96. The number of aromatic nitrogens is 2. The highest BCUT2D eigenvalue weighted by atomic mass is 79.9. The summed E-state index contributed by atoms with van der Waals surface area (Å²) in [5.74, 6) is 0.